The van der Waals surface area contributed by atoms with Crippen molar-refractivity contribution in [1.82, 2.24) is 15.0 Å². The number of carbonyl (C=O) groups excluding carboxylic acids is 1. The number of allylic oxidation sites excluding steroid dienone is 2. The van der Waals surface area contributed by atoms with Gasteiger partial charge in [0.1, 0.15) is 0 Å². The average Bonchev–Trinajstić information content (AvgIpc) is 3.06. The molecule has 1 aromatic heterocycles. The van der Waals surface area contributed by atoms with Gasteiger partial charge in [-0.15, -0.1) is 5.10 Å². The summed E-state index contributed by atoms with van der Waals surface area (Å²) < 4.78 is 1.68. The Balaban J connectivity index is 2.08. The van der Waals surface area contributed by atoms with E-state index in [1.807, 2.05) is 72.8 Å². The van der Waals surface area contributed by atoms with Crippen LogP contribution in [-0.4, -0.2) is 20.8 Å². The second-order valence-electron chi connectivity index (χ2n) is 5.18. The molecule has 0 spiro atoms. The quantitative estimate of drug-likeness (QED) is 0.524. The summed E-state index contributed by atoms with van der Waals surface area (Å²) in [4.78, 5) is 12.3. The summed E-state index contributed by atoms with van der Waals surface area (Å²) in [5.41, 5.74) is 2.90. The second kappa shape index (κ2) is 7.33. The normalized spacial score (nSPS) is 11.4. The van der Waals surface area contributed by atoms with Crippen molar-refractivity contribution >= 4 is 17.9 Å². The summed E-state index contributed by atoms with van der Waals surface area (Å²) >= 11 is 0. The molecule has 0 aliphatic rings. The van der Waals surface area contributed by atoms with Gasteiger partial charge >= 0.3 is 0 Å². The molecule has 0 unspecified atom stereocenters. The second-order valence-corrected chi connectivity index (χ2v) is 5.18. The Morgan fingerprint density at radius 3 is 2.29 bits per heavy atom. The number of ketones is 1. The summed E-state index contributed by atoms with van der Waals surface area (Å²) in [6.07, 6.45) is 7.03. The lowest BCUT2D eigenvalue weighted by atomic mass is 10.1. The molecule has 4 nitrogen and oxygen atoms in total. The Morgan fingerprint density at radius 2 is 1.62 bits per heavy atom. The molecule has 24 heavy (non-hydrogen) atoms. The highest BCUT2D eigenvalue weighted by atomic mass is 16.1. The van der Waals surface area contributed by atoms with E-state index < -0.39 is 0 Å². The van der Waals surface area contributed by atoms with E-state index in [9.17, 15) is 4.79 Å². The van der Waals surface area contributed by atoms with Crippen LogP contribution in [0, 0.1) is 0 Å². The highest BCUT2D eigenvalue weighted by Crippen LogP contribution is 2.17. The topological polar surface area (TPSA) is 47.8 Å². The largest absolute Gasteiger partial charge is 0.287 e. The van der Waals surface area contributed by atoms with Crippen molar-refractivity contribution in [2.45, 2.75) is 6.92 Å². The fourth-order valence-electron chi connectivity index (χ4n) is 2.34. The van der Waals surface area contributed by atoms with Crippen LogP contribution in [0.3, 0.4) is 0 Å². The van der Waals surface area contributed by atoms with Crippen molar-refractivity contribution < 1.29 is 4.79 Å². The molecule has 118 valence electrons. The van der Waals surface area contributed by atoms with Crippen molar-refractivity contribution in [2.75, 3.05) is 0 Å². The smallest absolute Gasteiger partial charge is 0.208 e. The van der Waals surface area contributed by atoms with Crippen LogP contribution in [0.15, 0.2) is 72.8 Å². The predicted molar refractivity (Wildman–Crippen MR) is 95.9 cm³/mol. The number of hydrogen-bond acceptors (Lipinski definition) is 3. The van der Waals surface area contributed by atoms with Gasteiger partial charge in [-0.3, -0.25) is 4.79 Å². The summed E-state index contributed by atoms with van der Waals surface area (Å²) in [5, 5.41) is 8.25. The van der Waals surface area contributed by atoms with Gasteiger partial charge in [0, 0.05) is 0 Å². The molecule has 0 N–H and O–H groups in total. The Bertz CT molecular complexity index is 878. The standard InChI is InChI=1S/C20H17N3O/c1-2-9-19(24)20-18(15-14-16-10-5-3-6-11-16)23(22-21-20)17-12-7-4-8-13-17/h2-15H,1H3/b9-2+,15-14+. The molecule has 0 bridgehead atoms. The van der Waals surface area contributed by atoms with E-state index >= 15 is 0 Å². The highest BCUT2D eigenvalue weighted by molar-refractivity contribution is 6.05. The first-order valence-electron chi connectivity index (χ1n) is 7.71. The van der Waals surface area contributed by atoms with Crippen LogP contribution < -0.4 is 0 Å². The highest BCUT2D eigenvalue weighted by Gasteiger charge is 2.16. The molecule has 3 rings (SSSR count). The average molecular weight is 315 g/mol. The maximum Gasteiger partial charge on any atom is 0.208 e. The van der Waals surface area contributed by atoms with Gasteiger partial charge in [0.2, 0.25) is 5.78 Å². The molecule has 0 aliphatic carbocycles. The fourth-order valence-corrected chi connectivity index (χ4v) is 2.34. The van der Waals surface area contributed by atoms with Gasteiger partial charge in [0.15, 0.2) is 5.69 Å². The van der Waals surface area contributed by atoms with Crippen molar-refractivity contribution in [3.8, 4) is 5.69 Å². The molecule has 0 amide bonds. The zero-order valence-electron chi connectivity index (χ0n) is 13.3. The van der Waals surface area contributed by atoms with Crippen molar-refractivity contribution in [1.29, 1.82) is 0 Å². The molecule has 0 aliphatic heterocycles. The molecule has 0 radical (unpaired) electrons. The third kappa shape index (κ3) is 3.38. The number of benzene rings is 2. The lowest BCUT2D eigenvalue weighted by Gasteiger charge is -2.03. The predicted octanol–water partition coefficient (Wildman–Crippen LogP) is 4.20. The van der Waals surface area contributed by atoms with Crippen LogP contribution in [0.4, 0.5) is 0 Å². The minimum Gasteiger partial charge on any atom is -0.287 e. The molecule has 0 saturated carbocycles. The van der Waals surface area contributed by atoms with E-state index in [1.54, 1.807) is 17.7 Å². The number of carbonyl (C=O) groups is 1. The van der Waals surface area contributed by atoms with E-state index in [2.05, 4.69) is 10.3 Å². The van der Waals surface area contributed by atoms with Crippen LogP contribution in [0.2, 0.25) is 0 Å². The van der Waals surface area contributed by atoms with Crippen LogP contribution in [0.1, 0.15) is 28.7 Å². The number of aromatic nitrogens is 3. The number of rotatable bonds is 5. The number of hydrogen-bond donors (Lipinski definition) is 0. The minimum absolute atomic E-state index is 0.160. The summed E-state index contributed by atoms with van der Waals surface area (Å²) in [7, 11) is 0. The lowest BCUT2D eigenvalue weighted by Crippen LogP contribution is -2.02. The number of nitrogens with zero attached hydrogens (tertiary/aromatic N) is 3. The Kier molecular flexibility index (Phi) is 4.77. The molecule has 4 heteroatoms. The van der Waals surface area contributed by atoms with Crippen LogP contribution in [0.5, 0.6) is 0 Å². The summed E-state index contributed by atoms with van der Waals surface area (Å²) in [6.45, 7) is 1.80. The van der Waals surface area contributed by atoms with E-state index in [0.29, 0.717) is 11.4 Å². The third-order valence-electron chi connectivity index (χ3n) is 3.49. The fraction of sp³-hybridized carbons (Fsp3) is 0.0500. The number of para-hydroxylation sites is 1. The van der Waals surface area contributed by atoms with E-state index in [1.165, 1.54) is 6.08 Å². The molecule has 0 atom stereocenters. The van der Waals surface area contributed by atoms with Gasteiger partial charge < -0.3 is 0 Å². The first-order valence-corrected chi connectivity index (χ1v) is 7.71. The SMILES string of the molecule is C/C=C/C(=O)c1nnn(-c2ccccc2)c1/C=C/c1ccccc1. The zero-order valence-corrected chi connectivity index (χ0v) is 13.3. The Labute approximate surface area is 140 Å². The van der Waals surface area contributed by atoms with Crippen molar-refractivity contribution in [3.63, 3.8) is 0 Å². The Morgan fingerprint density at radius 1 is 0.958 bits per heavy atom. The molecular formula is C20H17N3O. The molecule has 3 aromatic rings. The van der Waals surface area contributed by atoms with Gasteiger partial charge in [0.25, 0.3) is 0 Å². The van der Waals surface area contributed by atoms with Crippen molar-refractivity contribution in [2.24, 2.45) is 0 Å². The molecule has 1 heterocycles. The van der Waals surface area contributed by atoms with Gasteiger partial charge in [-0.05, 0) is 36.8 Å². The van der Waals surface area contributed by atoms with Gasteiger partial charge in [0.05, 0.1) is 11.4 Å². The molecule has 0 saturated heterocycles. The van der Waals surface area contributed by atoms with Gasteiger partial charge in [-0.2, -0.15) is 0 Å². The van der Waals surface area contributed by atoms with Crippen LogP contribution >= 0.6 is 0 Å². The van der Waals surface area contributed by atoms with Gasteiger partial charge in [-0.25, -0.2) is 4.68 Å². The maximum atomic E-state index is 12.3. The monoisotopic (exact) mass is 315 g/mol. The lowest BCUT2D eigenvalue weighted by molar-refractivity contribution is 0.104. The zero-order chi connectivity index (χ0) is 16.8. The van der Waals surface area contributed by atoms with E-state index in [-0.39, 0.29) is 5.78 Å². The van der Waals surface area contributed by atoms with Crippen LogP contribution in [0.25, 0.3) is 17.8 Å². The summed E-state index contributed by atoms with van der Waals surface area (Å²) in [6, 6.07) is 19.6. The first-order chi connectivity index (χ1) is 11.8. The maximum absolute atomic E-state index is 12.3. The first kappa shape index (κ1) is 15.6. The molecule has 0 fully saturated rings. The Hall–Kier alpha value is -3.27. The minimum atomic E-state index is -0.160. The summed E-state index contributed by atoms with van der Waals surface area (Å²) in [5.74, 6) is -0.160. The molecular weight excluding hydrogens is 298 g/mol. The molecule has 2 aromatic carbocycles. The van der Waals surface area contributed by atoms with E-state index in [0.717, 1.165) is 11.3 Å². The third-order valence-corrected chi connectivity index (χ3v) is 3.49. The van der Waals surface area contributed by atoms with Gasteiger partial charge in [-0.1, -0.05) is 65.9 Å². The van der Waals surface area contributed by atoms with Crippen molar-refractivity contribution in [3.05, 3.63) is 89.8 Å². The van der Waals surface area contributed by atoms with E-state index in [4.69, 9.17) is 0 Å². The van der Waals surface area contributed by atoms with Crippen LogP contribution in [-0.2, 0) is 0 Å².